The topological polar surface area (TPSA) is 39.2 Å². The summed E-state index contributed by atoms with van der Waals surface area (Å²) in [5, 5.41) is 0.837. The zero-order valence-electron chi connectivity index (χ0n) is 10.2. The van der Waals surface area contributed by atoms with E-state index in [1.165, 1.54) is 23.3 Å². The number of aromatic nitrogens is 1. The van der Waals surface area contributed by atoms with Gasteiger partial charge >= 0.3 is 5.97 Å². The van der Waals surface area contributed by atoms with Gasteiger partial charge in [-0.05, 0) is 17.9 Å². The number of esters is 1. The number of rotatable bonds is 4. The molecule has 0 saturated heterocycles. The molecule has 18 heavy (non-hydrogen) atoms. The molecule has 0 fully saturated rings. The standard InChI is InChI=1S/C13H13NO2S2/c1-3-17-10-6-4-9(5-7-10)12-14-8-11(18-12)13(15)16-2/h4-8H,3H2,1-2H3. The number of carbonyl (C=O) groups is 1. The molecule has 0 aliphatic carbocycles. The van der Waals surface area contributed by atoms with Gasteiger partial charge in [0.15, 0.2) is 0 Å². The fourth-order valence-electron chi connectivity index (χ4n) is 1.46. The maximum atomic E-state index is 11.3. The number of nitrogens with zero attached hydrogens (tertiary/aromatic N) is 1. The SMILES string of the molecule is CCSc1ccc(-c2ncc(C(=O)OC)s2)cc1. The first-order chi connectivity index (χ1) is 8.74. The van der Waals surface area contributed by atoms with Gasteiger partial charge in [0.2, 0.25) is 0 Å². The van der Waals surface area contributed by atoms with Crippen molar-refractivity contribution in [3.05, 3.63) is 35.3 Å². The molecule has 2 aromatic rings. The molecule has 0 spiro atoms. The Bertz CT molecular complexity index is 534. The van der Waals surface area contributed by atoms with E-state index in [1.54, 1.807) is 18.0 Å². The summed E-state index contributed by atoms with van der Waals surface area (Å²) in [7, 11) is 1.37. The highest BCUT2D eigenvalue weighted by Gasteiger charge is 2.11. The second kappa shape index (κ2) is 6.02. The summed E-state index contributed by atoms with van der Waals surface area (Å²) < 4.78 is 4.66. The lowest BCUT2D eigenvalue weighted by Crippen LogP contribution is -1.96. The third-order valence-electron chi connectivity index (χ3n) is 2.30. The molecule has 0 saturated carbocycles. The Morgan fingerprint density at radius 3 is 2.72 bits per heavy atom. The van der Waals surface area contributed by atoms with Crippen molar-refractivity contribution in [2.24, 2.45) is 0 Å². The van der Waals surface area contributed by atoms with Crippen LogP contribution in [0, 0.1) is 0 Å². The lowest BCUT2D eigenvalue weighted by molar-refractivity contribution is 0.0606. The average Bonchev–Trinajstić information content (AvgIpc) is 2.89. The minimum atomic E-state index is -0.336. The predicted molar refractivity (Wildman–Crippen MR) is 75.3 cm³/mol. The van der Waals surface area contributed by atoms with Crippen molar-refractivity contribution < 1.29 is 9.53 Å². The predicted octanol–water partition coefficient (Wildman–Crippen LogP) is 3.71. The van der Waals surface area contributed by atoms with Crippen LogP contribution in [0.2, 0.25) is 0 Å². The largest absolute Gasteiger partial charge is 0.465 e. The van der Waals surface area contributed by atoms with Crippen molar-refractivity contribution in [3.63, 3.8) is 0 Å². The first-order valence-electron chi connectivity index (χ1n) is 5.52. The molecule has 1 aromatic carbocycles. The number of hydrogen-bond acceptors (Lipinski definition) is 5. The van der Waals surface area contributed by atoms with Gasteiger partial charge in [-0.2, -0.15) is 0 Å². The van der Waals surface area contributed by atoms with E-state index < -0.39 is 0 Å². The van der Waals surface area contributed by atoms with Crippen LogP contribution < -0.4 is 0 Å². The molecule has 0 aliphatic heterocycles. The highest BCUT2D eigenvalue weighted by Crippen LogP contribution is 2.27. The normalized spacial score (nSPS) is 10.3. The Labute approximate surface area is 114 Å². The number of hydrogen-bond donors (Lipinski definition) is 0. The number of benzene rings is 1. The third kappa shape index (κ3) is 2.91. The highest BCUT2D eigenvalue weighted by atomic mass is 32.2. The smallest absolute Gasteiger partial charge is 0.349 e. The number of ether oxygens (including phenoxy) is 1. The van der Waals surface area contributed by atoms with Gasteiger partial charge in [0, 0.05) is 10.5 Å². The third-order valence-corrected chi connectivity index (χ3v) is 4.23. The second-order valence-corrected chi connectivity index (χ2v) is 5.85. The molecule has 0 N–H and O–H groups in total. The molecular weight excluding hydrogens is 266 g/mol. The van der Waals surface area contributed by atoms with Gasteiger partial charge in [-0.3, -0.25) is 0 Å². The molecule has 1 aromatic heterocycles. The van der Waals surface area contributed by atoms with Crippen LogP contribution in [0.4, 0.5) is 0 Å². The van der Waals surface area contributed by atoms with Gasteiger partial charge in [-0.1, -0.05) is 19.1 Å². The first kappa shape index (κ1) is 13.1. The fourth-order valence-corrected chi connectivity index (χ4v) is 2.96. The number of methoxy groups -OCH3 is 1. The number of thiazole rings is 1. The molecular formula is C13H13NO2S2. The number of thioether (sulfide) groups is 1. The molecule has 94 valence electrons. The summed E-state index contributed by atoms with van der Waals surface area (Å²) in [5.41, 5.74) is 1.02. The summed E-state index contributed by atoms with van der Waals surface area (Å²) in [4.78, 5) is 17.4. The van der Waals surface area contributed by atoms with Gasteiger partial charge in [0.25, 0.3) is 0 Å². The molecule has 0 radical (unpaired) electrons. The summed E-state index contributed by atoms with van der Waals surface area (Å²) >= 11 is 3.15. The molecule has 5 heteroatoms. The quantitative estimate of drug-likeness (QED) is 0.632. The van der Waals surface area contributed by atoms with E-state index in [0.29, 0.717) is 4.88 Å². The Morgan fingerprint density at radius 2 is 2.11 bits per heavy atom. The summed E-state index contributed by atoms with van der Waals surface area (Å²) in [5.74, 6) is 0.722. The molecule has 0 unspecified atom stereocenters. The van der Waals surface area contributed by atoms with E-state index in [-0.39, 0.29) is 5.97 Å². The van der Waals surface area contributed by atoms with E-state index >= 15 is 0 Å². The van der Waals surface area contributed by atoms with Gasteiger partial charge in [-0.25, -0.2) is 9.78 Å². The van der Waals surface area contributed by atoms with E-state index in [0.717, 1.165) is 16.3 Å². The van der Waals surface area contributed by atoms with Crippen LogP contribution in [0.15, 0.2) is 35.4 Å². The average molecular weight is 279 g/mol. The molecule has 3 nitrogen and oxygen atoms in total. The molecule has 0 atom stereocenters. The van der Waals surface area contributed by atoms with Crippen LogP contribution in [-0.2, 0) is 4.74 Å². The van der Waals surface area contributed by atoms with Gasteiger partial charge in [0.1, 0.15) is 9.88 Å². The lowest BCUT2D eigenvalue weighted by atomic mass is 10.2. The second-order valence-electron chi connectivity index (χ2n) is 3.48. The van der Waals surface area contributed by atoms with Crippen molar-refractivity contribution >= 4 is 29.1 Å². The van der Waals surface area contributed by atoms with Crippen molar-refractivity contribution in [2.45, 2.75) is 11.8 Å². The highest BCUT2D eigenvalue weighted by molar-refractivity contribution is 7.99. The zero-order chi connectivity index (χ0) is 13.0. The van der Waals surface area contributed by atoms with Crippen LogP contribution in [0.3, 0.4) is 0 Å². The molecule has 0 amide bonds. The number of carbonyl (C=O) groups excluding carboxylic acids is 1. The van der Waals surface area contributed by atoms with Crippen LogP contribution in [0.1, 0.15) is 16.6 Å². The Balaban J connectivity index is 2.20. The van der Waals surface area contributed by atoms with Crippen molar-refractivity contribution in [1.29, 1.82) is 0 Å². The Morgan fingerprint density at radius 1 is 1.39 bits per heavy atom. The van der Waals surface area contributed by atoms with Crippen molar-refractivity contribution in [1.82, 2.24) is 4.98 Å². The monoisotopic (exact) mass is 279 g/mol. The molecule has 2 rings (SSSR count). The van der Waals surface area contributed by atoms with E-state index in [1.807, 2.05) is 12.1 Å². The van der Waals surface area contributed by atoms with Crippen molar-refractivity contribution in [2.75, 3.05) is 12.9 Å². The first-order valence-corrected chi connectivity index (χ1v) is 7.32. The molecule has 0 bridgehead atoms. The van der Waals surface area contributed by atoms with Crippen LogP contribution in [-0.4, -0.2) is 23.8 Å². The van der Waals surface area contributed by atoms with Crippen molar-refractivity contribution in [3.8, 4) is 10.6 Å². The molecule has 0 aliphatic rings. The Hall–Kier alpha value is -1.33. The van der Waals surface area contributed by atoms with E-state index in [9.17, 15) is 4.79 Å². The van der Waals surface area contributed by atoms with E-state index in [4.69, 9.17) is 0 Å². The maximum Gasteiger partial charge on any atom is 0.349 e. The summed E-state index contributed by atoms with van der Waals surface area (Å²) in [6.07, 6.45) is 1.56. The van der Waals surface area contributed by atoms with Crippen LogP contribution in [0.25, 0.3) is 10.6 Å². The minimum Gasteiger partial charge on any atom is -0.465 e. The zero-order valence-corrected chi connectivity index (χ0v) is 11.8. The fraction of sp³-hybridized carbons (Fsp3) is 0.231. The lowest BCUT2D eigenvalue weighted by Gasteiger charge is -1.99. The van der Waals surface area contributed by atoms with Crippen LogP contribution >= 0.6 is 23.1 Å². The Kier molecular flexibility index (Phi) is 4.38. The summed E-state index contributed by atoms with van der Waals surface area (Å²) in [6.45, 7) is 2.13. The summed E-state index contributed by atoms with van der Waals surface area (Å²) in [6, 6.07) is 8.20. The van der Waals surface area contributed by atoms with E-state index in [2.05, 4.69) is 28.8 Å². The maximum absolute atomic E-state index is 11.3. The molecule has 1 heterocycles. The van der Waals surface area contributed by atoms with Gasteiger partial charge in [-0.15, -0.1) is 23.1 Å². The van der Waals surface area contributed by atoms with Gasteiger partial charge in [0.05, 0.1) is 13.3 Å². The van der Waals surface area contributed by atoms with Crippen LogP contribution in [0.5, 0.6) is 0 Å². The minimum absolute atomic E-state index is 0.336. The van der Waals surface area contributed by atoms with Gasteiger partial charge < -0.3 is 4.74 Å².